The topological polar surface area (TPSA) is 51.8 Å². The van der Waals surface area contributed by atoms with Gasteiger partial charge in [0.15, 0.2) is 17.5 Å². The predicted octanol–water partition coefficient (Wildman–Crippen LogP) is 13.1. The molecule has 0 unspecified atom stereocenters. The van der Waals surface area contributed by atoms with Gasteiger partial charge in [0.1, 0.15) is 11.2 Å². The minimum atomic E-state index is 0.594. The predicted molar refractivity (Wildman–Crippen MR) is 219 cm³/mol. The molecule has 0 aliphatic carbocycles. The van der Waals surface area contributed by atoms with Crippen molar-refractivity contribution in [2.45, 2.75) is 0 Å². The summed E-state index contributed by atoms with van der Waals surface area (Å²) in [6, 6.07) is 61.6. The molecule has 0 aliphatic rings. The van der Waals surface area contributed by atoms with E-state index in [-0.39, 0.29) is 0 Å². The molecule has 0 fully saturated rings. The monoisotopic (exact) mass is 675 g/mol. The van der Waals surface area contributed by atoms with Crippen LogP contribution in [0.3, 0.4) is 0 Å². The molecule has 0 saturated heterocycles. The van der Waals surface area contributed by atoms with Gasteiger partial charge in [0, 0.05) is 33.0 Å². The Hall–Kier alpha value is -7.17. The molecule has 4 heteroatoms. The van der Waals surface area contributed by atoms with E-state index in [1.165, 1.54) is 10.8 Å². The normalized spacial score (nSPS) is 11.8. The molecule has 11 aromatic rings. The zero-order chi connectivity index (χ0) is 34.9. The first-order chi connectivity index (χ1) is 26.2. The molecule has 0 amide bonds. The second-order valence-electron chi connectivity index (χ2n) is 13.6. The molecule has 53 heavy (non-hydrogen) atoms. The van der Waals surface area contributed by atoms with E-state index in [0.717, 1.165) is 82.1 Å². The maximum Gasteiger partial charge on any atom is 0.164 e. The summed E-state index contributed by atoms with van der Waals surface area (Å²) in [5.41, 5.74) is 6.55. The van der Waals surface area contributed by atoms with Crippen LogP contribution in [0.1, 0.15) is 0 Å². The number of hydrogen-bond donors (Lipinski definition) is 0. The zero-order valence-electron chi connectivity index (χ0n) is 28.5. The highest BCUT2D eigenvalue weighted by Crippen LogP contribution is 2.43. The number of hydrogen-bond acceptors (Lipinski definition) is 4. The van der Waals surface area contributed by atoms with Crippen LogP contribution in [0.5, 0.6) is 0 Å². The lowest BCUT2D eigenvalue weighted by Crippen LogP contribution is -2.01. The Balaban J connectivity index is 1.24. The fraction of sp³-hybridized carbons (Fsp3) is 0. The van der Waals surface area contributed by atoms with E-state index in [0.29, 0.717) is 17.5 Å². The summed E-state index contributed by atoms with van der Waals surface area (Å²) in [6.45, 7) is 0. The van der Waals surface area contributed by atoms with Crippen molar-refractivity contribution >= 4 is 65.0 Å². The summed E-state index contributed by atoms with van der Waals surface area (Å²) in [4.78, 5) is 15.8. The summed E-state index contributed by atoms with van der Waals surface area (Å²) < 4.78 is 6.89. The summed E-state index contributed by atoms with van der Waals surface area (Å²) in [6.07, 6.45) is 0. The highest BCUT2D eigenvalue weighted by atomic mass is 16.3. The van der Waals surface area contributed by atoms with E-state index >= 15 is 0 Å². The average Bonchev–Trinajstić information content (AvgIpc) is 3.60. The van der Waals surface area contributed by atoms with Crippen LogP contribution in [0.15, 0.2) is 180 Å². The van der Waals surface area contributed by atoms with E-state index in [2.05, 4.69) is 176 Å². The van der Waals surface area contributed by atoms with Crippen LogP contribution in [-0.4, -0.2) is 15.0 Å². The van der Waals surface area contributed by atoms with E-state index in [4.69, 9.17) is 19.4 Å². The maximum atomic E-state index is 6.89. The first kappa shape index (κ1) is 29.5. The van der Waals surface area contributed by atoms with Gasteiger partial charge in [-0.25, -0.2) is 15.0 Å². The summed E-state index contributed by atoms with van der Waals surface area (Å²) in [7, 11) is 0. The summed E-state index contributed by atoms with van der Waals surface area (Å²) >= 11 is 0. The van der Waals surface area contributed by atoms with Crippen LogP contribution < -0.4 is 0 Å². The largest absolute Gasteiger partial charge is 0.455 e. The minimum absolute atomic E-state index is 0.594. The van der Waals surface area contributed by atoms with Crippen molar-refractivity contribution in [1.82, 2.24) is 15.0 Å². The van der Waals surface area contributed by atoms with Crippen LogP contribution >= 0.6 is 0 Å². The zero-order valence-corrected chi connectivity index (χ0v) is 28.5. The second kappa shape index (κ2) is 11.7. The van der Waals surface area contributed by atoms with Gasteiger partial charge in [-0.2, -0.15) is 0 Å². The average molecular weight is 676 g/mol. The van der Waals surface area contributed by atoms with E-state index < -0.39 is 0 Å². The third-order valence-electron chi connectivity index (χ3n) is 10.5. The molecule has 11 rings (SSSR count). The molecule has 0 N–H and O–H groups in total. The Bertz CT molecular complexity index is 3140. The highest BCUT2D eigenvalue weighted by molar-refractivity contribution is 6.18. The van der Waals surface area contributed by atoms with E-state index in [1.807, 2.05) is 0 Å². The van der Waals surface area contributed by atoms with Gasteiger partial charge in [0.05, 0.1) is 0 Å². The van der Waals surface area contributed by atoms with Crippen molar-refractivity contribution in [3.63, 3.8) is 0 Å². The van der Waals surface area contributed by atoms with Gasteiger partial charge in [0.2, 0.25) is 0 Å². The van der Waals surface area contributed by atoms with Crippen LogP contribution in [0.4, 0.5) is 0 Å². The van der Waals surface area contributed by atoms with Gasteiger partial charge in [0.25, 0.3) is 0 Å². The number of furan rings is 1. The van der Waals surface area contributed by atoms with Crippen molar-refractivity contribution < 1.29 is 4.42 Å². The smallest absolute Gasteiger partial charge is 0.164 e. The number of fused-ring (bicyclic) bond motifs is 7. The second-order valence-corrected chi connectivity index (χ2v) is 13.6. The quantitative estimate of drug-likeness (QED) is 0.186. The van der Waals surface area contributed by atoms with Crippen molar-refractivity contribution in [2.75, 3.05) is 0 Å². The molecule has 0 saturated carbocycles. The molecular formula is C49H29N3O. The molecule has 0 bridgehead atoms. The fourth-order valence-corrected chi connectivity index (χ4v) is 7.91. The van der Waals surface area contributed by atoms with Gasteiger partial charge in [-0.15, -0.1) is 0 Å². The molecule has 4 nitrogen and oxygen atoms in total. The first-order valence-electron chi connectivity index (χ1n) is 17.9. The summed E-state index contributed by atoms with van der Waals surface area (Å²) in [5.74, 6) is 1.84. The van der Waals surface area contributed by atoms with Crippen LogP contribution in [-0.2, 0) is 0 Å². The molecule has 0 atom stereocenters. The third-order valence-corrected chi connectivity index (χ3v) is 10.5. The Morgan fingerprint density at radius 2 is 0.811 bits per heavy atom. The first-order valence-corrected chi connectivity index (χ1v) is 17.9. The van der Waals surface area contributed by atoms with Crippen LogP contribution in [0.2, 0.25) is 0 Å². The van der Waals surface area contributed by atoms with Crippen molar-refractivity contribution in [1.29, 1.82) is 0 Å². The fourth-order valence-electron chi connectivity index (χ4n) is 7.91. The van der Waals surface area contributed by atoms with Crippen LogP contribution in [0.25, 0.3) is 110 Å². The van der Waals surface area contributed by atoms with Gasteiger partial charge in [-0.05, 0) is 79.0 Å². The highest BCUT2D eigenvalue weighted by Gasteiger charge is 2.22. The van der Waals surface area contributed by atoms with Crippen molar-refractivity contribution in [3.05, 3.63) is 176 Å². The number of benzene rings is 9. The molecule has 2 aromatic heterocycles. The maximum absolute atomic E-state index is 6.89. The van der Waals surface area contributed by atoms with Crippen molar-refractivity contribution in [3.8, 4) is 45.3 Å². The van der Waals surface area contributed by atoms with Gasteiger partial charge >= 0.3 is 0 Å². The van der Waals surface area contributed by atoms with Crippen molar-refractivity contribution in [2.24, 2.45) is 0 Å². The molecule has 246 valence electrons. The lowest BCUT2D eigenvalue weighted by molar-refractivity contribution is 0.670. The number of nitrogens with zero attached hydrogens (tertiary/aromatic N) is 3. The lowest BCUT2D eigenvalue weighted by atomic mass is 9.95. The standard InChI is InChI=1S/C49H29N3O/c1-2-14-33-27-36(24-23-30(33)11-1)39-25-26-42(45-43-28-34-15-3-4-16-35(34)29-44(43)53-46(39)45)49-51-47(40-21-9-17-31-12-5-7-19-37(31)40)50-48(52-49)41-22-10-18-32-13-6-8-20-38(32)41/h1-29H. The number of aromatic nitrogens is 3. The van der Waals surface area contributed by atoms with E-state index in [9.17, 15) is 0 Å². The molecular weight excluding hydrogens is 647 g/mol. The van der Waals surface area contributed by atoms with Gasteiger partial charge in [-0.1, -0.05) is 146 Å². The summed E-state index contributed by atoms with van der Waals surface area (Å²) in [5, 5.41) is 11.1. The number of rotatable bonds is 4. The van der Waals surface area contributed by atoms with E-state index in [1.54, 1.807) is 0 Å². The lowest BCUT2D eigenvalue weighted by Gasteiger charge is -2.13. The molecule has 0 spiro atoms. The van der Waals surface area contributed by atoms with Crippen LogP contribution in [0, 0.1) is 0 Å². The SMILES string of the molecule is c1ccc2cc(-c3ccc(-c4nc(-c5cccc6ccccc56)nc(-c5cccc6ccccc56)n4)c4c3oc3cc5ccccc5cc34)ccc2c1. The molecule has 0 aliphatic heterocycles. The molecule has 9 aromatic carbocycles. The molecule has 2 heterocycles. The Morgan fingerprint density at radius 3 is 1.45 bits per heavy atom. The van der Waals surface area contributed by atoms with Gasteiger partial charge in [-0.3, -0.25) is 0 Å². The molecule has 0 radical (unpaired) electrons. The Morgan fingerprint density at radius 1 is 0.321 bits per heavy atom. The Labute approximate surface area is 304 Å². The Kier molecular flexibility index (Phi) is 6.52. The van der Waals surface area contributed by atoms with Gasteiger partial charge < -0.3 is 4.42 Å². The minimum Gasteiger partial charge on any atom is -0.455 e. The third kappa shape index (κ3) is 4.80.